The van der Waals surface area contributed by atoms with Gasteiger partial charge in [0.1, 0.15) is 5.75 Å². The van der Waals surface area contributed by atoms with Crippen molar-refractivity contribution in [3.8, 4) is 5.75 Å². The smallest absolute Gasteiger partial charge is 0.119 e. The van der Waals surface area contributed by atoms with Crippen LogP contribution in [0.15, 0.2) is 60.7 Å². The van der Waals surface area contributed by atoms with Crippen molar-refractivity contribution in [1.82, 2.24) is 0 Å². The highest BCUT2D eigenvalue weighted by Crippen LogP contribution is 2.26. The lowest BCUT2D eigenvalue weighted by Crippen LogP contribution is -1.90. The van der Waals surface area contributed by atoms with Gasteiger partial charge in [-0.2, -0.15) is 0 Å². The van der Waals surface area contributed by atoms with Crippen LogP contribution in [0.1, 0.15) is 31.7 Å². The Labute approximate surface area is 104 Å². The second kappa shape index (κ2) is 7.50. The third kappa shape index (κ3) is 4.73. The van der Waals surface area contributed by atoms with E-state index in [0.29, 0.717) is 11.7 Å². The van der Waals surface area contributed by atoms with E-state index in [2.05, 4.69) is 13.8 Å². The summed E-state index contributed by atoms with van der Waals surface area (Å²) in [6.45, 7) is 4.24. The maximum absolute atomic E-state index is 9.41. The fourth-order valence-corrected chi connectivity index (χ4v) is 1.51. The average Bonchev–Trinajstić information content (AvgIpc) is 2.41. The van der Waals surface area contributed by atoms with E-state index in [1.165, 1.54) is 0 Å². The van der Waals surface area contributed by atoms with Crippen LogP contribution >= 0.6 is 0 Å². The van der Waals surface area contributed by atoms with Gasteiger partial charge in [-0.1, -0.05) is 68.4 Å². The number of hydrogen-bond donors (Lipinski definition) is 1. The number of hydrogen-bond acceptors (Lipinski definition) is 1. The number of rotatable bonds is 2. The summed E-state index contributed by atoms with van der Waals surface area (Å²) in [5.74, 6) is 0.873. The minimum atomic E-state index is 0.418. The molecule has 1 N–H and O–H groups in total. The third-order valence-corrected chi connectivity index (χ3v) is 2.75. The highest BCUT2D eigenvalue weighted by atomic mass is 16.3. The van der Waals surface area contributed by atoms with E-state index in [0.717, 1.165) is 12.0 Å². The molecule has 2 rings (SSSR count). The minimum absolute atomic E-state index is 0.418. The molecule has 0 spiro atoms. The predicted octanol–water partition coefficient (Wildman–Crippen LogP) is 4.59. The van der Waals surface area contributed by atoms with Gasteiger partial charge >= 0.3 is 0 Å². The number of phenolic OH excluding ortho intramolecular Hbond substituents is 1. The van der Waals surface area contributed by atoms with Gasteiger partial charge in [-0.15, -0.1) is 0 Å². The molecule has 0 aliphatic heterocycles. The first kappa shape index (κ1) is 13.3. The van der Waals surface area contributed by atoms with Gasteiger partial charge < -0.3 is 5.11 Å². The van der Waals surface area contributed by atoms with Gasteiger partial charge in [-0.3, -0.25) is 0 Å². The Bertz CT molecular complexity index is 382. The monoisotopic (exact) mass is 228 g/mol. The maximum Gasteiger partial charge on any atom is 0.119 e. The number of benzene rings is 2. The van der Waals surface area contributed by atoms with Gasteiger partial charge in [-0.25, -0.2) is 0 Å². The Kier molecular flexibility index (Phi) is 5.87. The molecular weight excluding hydrogens is 208 g/mol. The summed E-state index contributed by atoms with van der Waals surface area (Å²) in [6, 6.07) is 19.5. The molecule has 0 aromatic heterocycles. The first-order chi connectivity index (χ1) is 8.25. The number of para-hydroxylation sites is 1. The van der Waals surface area contributed by atoms with Crippen molar-refractivity contribution in [3.63, 3.8) is 0 Å². The Morgan fingerprint density at radius 1 is 0.882 bits per heavy atom. The molecule has 0 amide bonds. The van der Waals surface area contributed by atoms with Crippen molar-refractivity contribution >= 4 is 0 Å². The summed E-state index contributed by atoms with van der Waals surface area (Å²) in [5, 5.41) is 9.41. The van der Waals surface area contributed by atoms with E-state index in [1.54, 1.807) is 6.07 Å². The molecule has 0 bridgehead atoms. The molecule has 1 nitrogen and oxygen atoms in total. The van der Waals surface area contributed by atoms with Crippen LogP contribution in [0, 0.1) is 0 Å². The number of phenols is 1. The van der Waals surface area contributed by atoms with Gasteiger partial charge in [0.15, 0.2) is 0 Å². The van der Waals surface area contributed by atoms with Crippen LogP contribution < -0.4 is 0 Å². The molecule has 1 atom stereocenters. The molecule has 2 aromatic carbocycles. The zero-order chi connectivity index (χ0) is 12.5. The van der Waals surface area contributed by atoms with Crippen LogP contribution in [0.5, 0.6) is 5.75 Å². The lowest BCUT2D eigenvalue weighted by molar-refractivity contribution is 0.462. The van der Waals surface area contributed by atoms with Crippen LogP contribution in [0.3, 0.4) is 0 Å². The Balaban J connectivity index is 0.000000202. The van der Waals surface area contributed by atoms with Crippen LogP contribution in [-0.4, -0.2) is 5.11 Å². The Morgan fingerprint density at radius 2 is 1.35 bits per heavy atom. The van der Waals surface area contributed by atoms with Crippen LogP contribution in [-0.2, 0) is 0 Å². The molecule has 0 aliphatic rings. The first-order valence-corrected chi connectivity index (χ1v) is 6.03. The second-order valence-corrected chi connectivity index (χ2v) is 4.02. The summed E-state index contributed by atoms with van der Waals surface area (Å²) in [4.78, 5) is 0. The van der Waals surface area contributed by atoms with Gasteiger partial charge in [0.25, 0.3) is 0 Å². The van der Waals surface area contributed by atoms with Gasteiger partial charge in [0.05, 0.1) is 0 Å². The largest absolute Gasteiger partial charge is 0.508 e. The zero-order valence-electron chi connectivity index (χ0n) is 10.5. The fraction of sp³-hybridized carbons (Fsp3) is 0.250. The zero-order valence-corrected chi connectivity index (χ0v) is 10.5. The van der Waals surface area contributed by atoms with Crippen LogP contribution in [0.2, 0.25) is 0 Å². The molecule has 0 saturated carbocycles. The molecule has 2 aromatic rings. The number of aromatic hydroxyl groups is 1. The summed E-state index contributed by atoms with van der Waals surface area (Å²) in [7, 11) is 0. The maximum atomic E-state index is 9.41. The molecule has 0 heterocycles. The van der Waals surface area contributed by atoms with E-state index >= 15 is 0 Å². The van der Waals surface area contributed by atoms with E-state index in [1.807, 2.05) is 54.6 Å². The van der Waals surface area contributed by atoms with Crippen LogP contribution in [0.4, 0.5) is 0 Å². The summed E-state index contributed by atoms with van der Waals surface area (Å²) >= 11 is 0. The third-order valence-electron chi connectivity index (χ3n) is 2.75. The van der Waals surface area contributed by atoms with Crippen molar-refractivity contribution < 1.29 is 5.11 Å². The van der Waals surface area contributed by atoms with Crippen molar-refractivity contribution in [2.75, 3.05) is 0 Å². The van der Waals surface area contributed by atoms with Gasteiger partial charge in [-0.05, 0) is 24.0 Å². The highest BCUT2D eigenvalue weighted by molar-refractivity contribution is 5.34. The van der Waals surface area contributed by atoms with Crippen molar-refractivity contribution in [1.29, 1.82) is 0 Å². The van der Waals surface area contributed by atoms with E-state index in [4.69, 9.17) is 0 Å². The minimum Gasteiger partial charge on any atom is -0.508 e. The summed E-state index contributed by atoms with van der Waals surface area (Å²) in [6.07, 6.45) is 1.07. The molecule has 17 heavy (non-hydrogen) atoms. The van der Waals surface area contributed by atoms with Crippen molar-refractivity contribution in [2.24, 2.45) is 0 Å². The van der Waals surface area contributed by atoms with Gasteiger partial charge in [0.2, 0.25) is 0 Å². The predicted molar refractivity (Wildman–Crippen MR) is 73.3 cm³/mol. The molecule has 0 radical (unpaired) electrons. The van der Waals surface area contributed by atoms with Gasteiger partial charge in [0, 0.05) is 0 Å². The normalized spacial score (nSPS) is 11.2. The highest BCUT2D eigenvalue weighted by Gasteiger charge is 2.05. The van der Waals surface area contributed by atoms with Crippen molar-refractivity contribution in [2.45, 2.75) is 26.2 Å². The topological polar surface area (TPSA) is 20.2 Å². The Hall–Kier alpha value is -1.76. The molecule has 1 heteroatoms. The van der Waals surface area contributed by atoms with Crippen LogP contribution in [0.25, 0.3) is 0 Å². The van der Waals surface area contributed by atoms with E-state index in [-0.39, 0.29) is 0 Å². The summed E-state index contributed by atoms with van der Waals surface area (Å²) < 4.78 is 0. The lowest BCUT2D eigenvalue weighted by atomic mass is 9.98. The van der Waals surface area contributed by atoms with E-state index in [9.17, 15) is 5.11 Å². The second-order valence-electron chi connectivity index (χ2n) is 4.02. The molecular formula is C16H20O. The molecule has 0 saturated heterocycles. The average molecular weight is 228 g/mol. The standard InChI is InChI=1S/C10H14O.C6H6/c1-3-8(2)9-6-4-5-7-10(9)11;1-2-4-6-5-3-1/h4-8,11H,3H2,1-2H3;1-6H. The van der Waals surface area contributed by atoms with Crippen molar-refractivity contribution in [3.05, 3.63) is 66.2 Å². The fourth-order valence-electron chi connectivity index (χ4n) is 1.51. The lowest BCUT2D eigenvalue weighted by Gasteiger charge is -2.09. The Morgan fingerprint density at radius 3 is 1.76 bits per heavy atom. The SMILES string of the molecule is CCC(C)c1ccccc1O.c1ccccc1. The first-order valence-electron chi connectivity index (χ1n) is 6.03. The molecule has 0 fully saturated rings. The molecule has 90 valence electrons. The van der Waals surface area contributed by atoms with E-state index < -0.39 is 0 Å². The quantitative estimate of drug-likeness (QED) is 0.797. The summed E-state index contributed by atoms with van der Waals surface area (Å²) in [5.41, 5.74) is 1.05. The molecule has 0 aliphatic carbocycles. The molecule has 1 unspecified atom stereocenters.